The summed E-state index contributed by atoms with van der Waals surface area (Å²) in [6, 6.07) is 12.3. The molecule has 1 N–H and O–H groups in total. The number of pyridine rings is 1. The summed E-state index contributed by atoms with van der Waals surface area (Å²) in [6.45, 7) is 3.66. The van der Waals surface area contributed by atoms with Gasteiger partial charge in [-0.3, -0.25) is 14.1 Å². The van der Waals surface area contributed by atoms with Gasteiger partial charge in [0.05, 0.1) is 6.54 Å². The molecule has 3 heterocycles. The van der Waals surface area contributed by atoms with Gasteiger partial charge in [-0.15, -0.1) is 5.10 Å². The van der Waals surface area contributed by atoms with Crippen LogP contribution in [0.2, 0.25) is 0 Å². The van der Waals surface area contributed by atoms with E-state index in [1.807, 2.05) is 21.3 Å². The van der Waals surface area contributed by atoms with Gasteiger partial charge in [0.25, 0.3) is 0 Å². The third-order valence-electron chi connectivity index (χ3n) is 7.33. The van der Waals surface area contributed by atoms with Crippen molar-refractivity contribution < 1.29 is 0 Å². The second kappa shape index (κ2) is 11.5. The lowest BCUT2D eigenvalue weighted by Gasteiger charge is -2.21. The van der Waals surface area contributed by atoms with Gasteiger partial charge in [-0.1, -0.05) is 69.4 Å². The van der Waals surface area contributed by atoms with Crippen LogP contribution in [0.5, 0.6) is 0 Å². The van der Waals surface area contributed by atoms with E-state index in [9.17, 15) is 4.79 Å². The molecule has 8 heteroatoms. The molecule has 0 saturated heterocycles. The standard InChI is InChI=1S/C28H35N7O/c1-2-3-5-11-24-20-34(18-21-9-6-4-7-10-21)28(36)35(24)19-22-13-15-23(16-14-22)25-12-8-17-29-26(25)27-30-32-33-31-27/h8,12-17,20-21H,2-7,9-11,18-19H2,1H3,(H,30,31,32,33). The van der Waals surface area contributed by atoms with Crippen LogP contribution in [0.15, 0.2) is 53.6 Å². The lowest BCUT2D eigenvalue weighted by atomic mass is 9.89. The van der Waals surface area contributed by atoms with Gasteiger partial charge in [-0.2, -0.15) is 0 Å². The van der Waals surface area contributed by atoms with E-state index in [4.69, 9.17) is 0 Å². The number of rotatable bonds is 10. The van der Waals surface area contributed by atoms with E-state index in [-0.39, 0.29) is 5.69 Å². The van der Waals surface area contributed by atoms with Crippen LogP contribution >= 0.6 is 0 Å². The van der Waals surface area contributed by atoms with Crippen molar-refractivity contribution >= 4 is 0 Å². The number of imidazole rings is 1. The molecule has 0 unspecified atom stereocenters. The zero-order valence-corrected chi connectivity index (χ0v) is 21.1. The second-order valence-corrected chi connectivity index (χ2v) is 9.95. The van der Waals surface area contributed by atoms with Crippen molar-refractivity contribution in [2.45, 2.75) is 77.8 Å². The van der Waals surface area contributed by atoms with Gasteiger partial charge in [0.2, 0.25) is 0 Å². The minimum atomic E-state index is 0.128. The fourth-order valence-corrected chi connectivity index (χ4v) is 5.34. The molecule has 188 valence electrons. The number of nitrogens with one attached hydrogen (secondary N) is 1. The SMILES string of the molecule is CCCCCc1cn(CC2CCCCC2)c(=O)n1Cc1ccc(-c2cccnc2-c2nnn[nH]2)cc1. The Labute approximate surface area is 211 Å². The molecule has 1 aromatic carbocycles. The highest BCUT2D eigenvalue weighted by atomic mass is 16.1. The Bertz CT molecular complexity index is 1300. The van der Waals surface area contributed by atoms with Crippen molar-refractivity contribution in [1.29, 1.82) is 0 Å². The Hall–Kier alpha value is -3.55. The molecule has 1 fully saturated rings. The predicted octanol–water partition coefficient (Wildman–Crippen LogP) is 5.25. The zero-order valence-electron chi connectivity index (χ0n) is 21.1. The van der Waals surface area contributed by atoms with E-state index < -0.39 is 0 Å². The topological polar surface area (TPSA) is 94.3 Å². The maximum absolute atomic E-state index is 13.5. The van der Waals surface area contributed by atoms with Crippen LogP contribution in [-0.2, 0) is 19.5 Å². The number of aromatic amines is 1. The Morgan fingerprint density at radius 2 is 1.89 bits per heavy atom. The molecule has 5 rings (SSSR count). The lowest BCUT2D eigenvalue weighted by Crippen LogP contribution is -2.28. The molecule has 0 amide bonds. The van der Waals surface area contributed by atoms with Gasteiger partial charge in [-0.25, -0.2) is 9.89 Å². The number of unbranched alkanes of at least 4 members (excludes halogenated alkanes) is 2. The number of aryl methyl sites for hydroxylation is 1. The molecular weight excluding hydrogens is 450 g/mol. The Morgan fingerprint density at radius 3 is 2.64 bits per heavy atom. The third kappa shape index (κ3) is 5.48. The van der Waals surface area contributed by atoms with Gasteiger partial charge in [-0.05, 0) is 59.2 Å². The molecule has 1 aliphatic carbocycles. The molecule has 1 aliphatic rings. The molecule has 0 radical (unpaired) electrons. The van der Waals surface area contributed by atoms with E-state index >= 15 is 0 Å². The van der Waals surface area contributed by atoms with Crippen molar-refractivity contribution in [3.8, 4) is 22.6 Å². The van der Waals surface area contributed by atoms with Gasteiger partial charge in [0, 0.05) is 30.2 Å². The zero-order chi connectivity index (χ0) is 24.7. The molecule has 0 spiro atoms. The van der Waals surface area contributed by atoms with Crippen LogP contribution in [0.25, 0.3) is 22.6 Å². The molecule has 4 aromatic rings. The van der Waals surface area contributed by atoms with E-state index in [1.54, 1.807) is 6.20 Å². The Balaban J connectivity index is 1.38. The minimum absolute atomic E-state index is 0.128. The fraction of sp³-hybridized carbons (Fsp3) is 0.464. The lowest BCUT2D eigenvalue weighted by molar-refractivity contribution is 0.315. The summed E-state index contributed by atoms with van der Waals surface area (Å²) >= 11 is 0. The molecule has 0 bridgehead atoms. The summed E-state index contributed by atoms with van der Waals surface area (Å²) in [5.74, 6) is 1.17. The van der Waals surface area contributed by atoms with E-state index in [2.05, 4.69) is 63.0 Å². The highest BCUT2D eigenvalue weighted by Crippen LogP contribution is 2.28. The first-order chi connectivity index (χ1) is 17.7. The number of nitrogens with zero attached hydrogens (tertiary/aromatic N) is 6. The maximum atomic E-state index is 13.5. The van der Waals surface area contributed by atoms with Crippen molar-refractivity contribution in [3.05, 3.63) is 70.5 Å². The van der Waals surface area contributed by atoms with Gasteiger partial charge < -0.3 is 0 Å². The fourth-order valence-electron chi connectivity index (χ4n) is 5.34. The second-order valence-electron chi connectivity index (χ2n) is 9.95. The smallest absolute Gasteiger partial charge is 0.299 e. The summed E-state index contributed by atoms with van der Waals surface area (Å²) < 4.78 is 3.97. The number of H-pyrrole nitrogens is 1. The summed E-state index contributed by atoms with van der Waals surface area (Å²) in [7, 11) is 0. The average Bonchev–Trinajstić information content (AvgIpc) is 3.55. The van der Waals surface area contributed by atoms with Gasteiger partial charge in [0.15, 0.2) is 5.82 Å². The Kier molecular flexibility index (Phi) is 7.69. The molecular formula is C28H35N7O. The van der Waals surface area contributed by atoms with Crippen LogP contribution in [0.1, 0.15) is 69.5 Å². The van der Waals surface area contributed by atoms with Crippen molar-refractivity contribution in [1.82, 2.24) is 34.7 Å². The molecule has 3 aromatic heterocycles. The summed E-state index contributed by atoms with van der Waals surface area (Å²) in [6.07, 6.45) is 14.7. The molecule has 36 heavy (non-hydrogen) atoms. The van der Waals surface area contributed by atoms with Crippen LogP contribution in [0.4, 0.5) is 0 Å². The van der Waals surface area contributed by atoms with Gasteiger partial charge >= 0.3 is 5.69 Å². The summed E-state index contributed by atoms with van der Waals surface area (Å²) in [4.78, 5) is 17.9. The number of hydrogen-bond acceptors (Lipinski definition) is 5. The van der Waals surface area contributed by atoms with Crippen LogP contribution < -0.4 is 5.69 Å². The quantitative estimate of drug-likeness (QED) is 0.310. The maximum Gasteiger partial charge on any atom is 0.328 e. The summed E-state index contributed by atoms with van der Waals surface area (Å²) in [5, 5.41) is 14.2. The molecule has 0 aliphatic heterocycles. The predicted molar refractivity (Wildman–Crippen MR) is 140 cm³/mol. The molecule has 8 nitrogen and oxygen atoms in total. The van der Waals surface area contributed by atoms with E-state index in [0.29, 0.717) is 24.0 Å². The van der Waals surface area contributed by atoms with Crippen molar-refractivity contribution in [3.63, 3.8) is 0 Å². The number of benzene rings is 1. The van der Waals surface area contributed by atoms with E-state index in [0.717, 1.165) is 41.8 Å². The number of tetrazole rings is 1. The average molecular weight is 486 g/mol. The Morgan fingerprint density at radius 1 is 1.06 bits per heavy atom. The number of hydrogen-bond donors (Lipinski definition) is 1. The number of aromatic nitrogens is 7. The first-order valence-electron chi connectivity index (χ1n) is 13.3. The van der Waals surface area contributed by atoms with Crippen LogP contribution in [-0.4, -0.2) is 34.7 Å². The van der Waals surface area contributed by atoms with Gasteiger partial charge in [0.1, 0.15) is 5.69 Å². The monoisotopic (exact) mass is 485 g/mol. The highest BCUT2D eigenvalue weighted by Gasteiger charge is 2.18. The largest absolute Gasteiger partial charge is 0.328 e. The van der Waals surface area contributed by atoms with Crippen LogP contribution in [0.3, 0.4) is 0 Å². The third-order valence-corrected chi connectivity index (χ3v) is 7.33. The molecule has 0 atom stereocenters. The first kappa shape index (κ1) is 24.2. The van der Waals surface area contributed by atoms with Crippen molar-refractivity contribution in [2.24, 2.45) is 5.92 Å². The normalized spacial score (nSPS) is 14.4. The van der Waals surface area contributed by atoms with Crippen LogP contribution in [0, 0.1) is 5.92 Å². The van der Waals surface area contributed by atoms with E-state index in [1.165, 1.54) is 44.9 Å². The summed E-state index contributed by atoms with van der Waals surface area (Å²) in [5.41, 5.74) is 5.09. The minimum Gasteiger partial charge on any atom is -0.299 e. The van der Waals surface area contributed by atoms with Crippen molar-refractivity contribution in [2.75, 3.05) is 0 Å². The first-order valence-corrected chi connectivity index (χ1v) is 13.3. The molecule has 1 saturated carbocycles. The highest BCUT2D eigenvalue weighted by molar-refractivity contribution is 5.77.